The lowest BCUT2D eigenvalue weighted by Crippen LogP contribution is -2.31. The van der Waals surface area contributed by atoms with Crippen LogP contribution in [0.2, 0.25) is 0 Å². The highest BCUT2D eigenvalue weighted by Gasteiger charge is 2.20. The summed E-state index contributed by atoms with van der Waals surface area (Å²) in [5.41, 5.74) is 7.13. The SMILES string of the molecule is [2H]c1c([2H])c([2H])c(-c2cccc(-c3c([2H])c([2H])c([2H])c([2H])c3[2H])c2-[n+]2[c-]n(-c3cccc(Oc4ccc5c6cc(-c7ccccc7)ccc6n(-c6cc(N(C)C)ccn6)c5c4)c3)c3ccccc32)c([2H])c1[2H]. The first-order valence-corrected chi connectivity index (χ1v) is 20.0. The molecule has 6 nitrogen and oxygen atoms in total. The van der Waals surface area contributed by atoms with Gasteiger partial charge in [0.1, 0.15) is 17.3 Å². The van der Waals surface area contributed by atoms with Crippen molar-refractivity contribution in [2.45, 2.75) is 0 Å². The Morgan fingerprint density at radius 3 is 2.03 bits per heavy atom. The van der Waals surface area contributed by atoms with Gasteiger partial charge in [0.15, 0.2) is 0 Å². The molecule has 0 amide bonds. The standard InChI is InChI=1S/C56H41N5O/c1-58(2)43-32-33-57-55(36-43)61-51-31-28-42(39-16-6-3-7-17-39)34-50(51)49-30-29-46(37-54(49)61)62-45-23-14-22-44(35-45)59-38-60(53-27-13-12-26-52(53)59)56-47(40-18-8-4-9-19-40)24-15-25-48(56)41-20-10-5-11-21-41/h3-37H,1-2H3/i4D,5D,8D,9D,10D,11D,18D,19D,20D,21D. The van der Waals surface area contributed by atoms with Crippen LogP contribution in [0, 0.1) is 6.33 Å². The first-order chi connectivity index (χ1) is 34.7. The van der Waals surface area contributed by atoms with Gasteiger partial charge < -0.3 is 9.64 Å². The molecule has 0 atom stereocenters. The highest BCUT2D eigenvalue weighted by molar-refractivity contribution is 6.10. The molecular weight excluding hydrogens is 759 g/mol. The largest absolute Gasteiger partial charge is 0.458 e. The Balaban J connectivity index is 1.07. The Morgan fingerprint density at radius 2 is 1.27 bits per heavy atom. The van der Waals surface area contributed by atoms with Crippen LogP contribution in [0.1, 0.15) is 13.7 Å². The monoisotopic (exact) mass is 809 g/mol. The van der Waals surface area contributed by atoms with E-state index in [1.165, 1.54) is 0 Å². The van der Waals surface area contributed by atoms with E-state index in [0.717, 1.165) is 44.4 Å². The quantitative estimate of drug-likeness (QED) is 0.108. The van der Waals surface area contributed by atoms with Gasteiger partial charge in [0.05, 0.1) is 47.1 Å². The van der Waals surface area contributed by atoms with Crippen LogP contribution in [0.25, 0.3) is 83.4 Å². The average molecular weight is 810 g/mol. The smallest absolute Gasteiger partial charge is 0.269 e. The van der Waals surface area contributed by atoms with Gasteiger partial charge in [0.25, 0.3) is 6.33 Å². The molecule has 0 spiro atoms. The zero-order chi connectivity index (χ0) is 50.3. The summed E-state index contributed by atoms with van der Waals surface area (Å²) in [5, 5.41) is 2.08. The Hall–Kier alpha value is -8.22. The molecular formula is C56H41N5O. The number of imidazole rings is 1. The van der Waals surface area contributed by atoms with Gasteiger partial charge in [-0.3, -0.25) is 13.7 Å². The average Bonchev–Trinajstić information content (AvgIpc) is 3.94. The molecule has 6 heteroatoms. The molecule has 296 valence electrons. The van der Waals surface area contributed by atoms with Gasteiger partial charge in [-0.05, 0) is 81.9 Å². The van der Waals surface area contributed by atoms with Crippen LogP contribution in [0.15, 0.2) is 212 Å². The number of rotatable bonds is 9. The number of hydrogen-bond donors (Lipinski definition) is 0. The molecule has 0 radical (unpaired) electrons. The molecule has 0 unspecified atom stereocenters. The number of para-hydroxylation sites is 3. The molecule has 0 saturated heterocycles. The molecule has 0 aliphatic heterocycles. The summed E-state index contributed by atoms with van der Waals surface area (Å²) >= 11 is 0. The minimum absolute atomic E-state index is 0.132. The Labute approximate surface area is 374 Å². The number of pyridine rings is 1. The summed E-state index contributed by atoms with van der Waals surface area (Å²) in [7, 11) is 3.99. The molecule has 3 aromatic heterocycles. The lowest BCUT2D eigenvalue weighted by Gasteiger charge is -2.17. The number of aromatic nitrogens is 4. The number of benzene rings is 8. The molecule has 8 aromatic carbocycles. The number of ether oxygens (including phenoxy) is 1. The summed E-state index contributed by atoms with van der Waals surface area (Å²) in [6, 6.07) is 41.2. The van der Waals surface area contributed by atoms with E-state index in [-0.39, 0.29) is 27.9 Å². The van der Waals surface area contributed by atoms with E-state index in [2.05, 4.69) is 53.4 Å². The minimum Gasteiger partial charge on any atom is -0.458 e. The minimum atomic E-state index is -0.568. The molecule has 62 heavy (non-hydrogen) atoms. The number of nitrogens with zero attached hydrogens (tertiary/aromatic N) is 5. The van der Waals surface area contributed by atoms with Gasteiger partial charge in [-0.1, -0.05) is 145 Å². The maximum Gasteiger partial charge on any atom is 0.269 e. The molecule has 0 aliphatic carbocycles. The van der Waals surface area contributed by atoms with Crippen LogP contribution in [0.4, 0.5) is 5.69 Å². The zero-order valence-corrected chi connectivity index (χ0v) is 33.6. The normalized spacial score (nSPS) is 13.6. The summed E-state index contributed by atoms with van der Waals surface area (Å²) in [5.74, 6) is 1.83. The van der Waals surface area contributed by atoms with Crippen molar-refractivity contribution in [1.29, 1.82) is 0 Å². The van der Waals surface area contributed by atoms with E-state index >= 15 is 0 Å². The topological polar surface area (TPSA) is 39.1 Å². The summed E-state index contributed by atoms with van der Waals surface area (Å²) in [6.45, 7) is 0. The van der Waals surface area contributed by atoms with Gasteiger partial charge in [0.2, 0.25) is 0 Å². The van der Waals surface area contributed by atoms with Crippen molar-refractivity contribution >= 4 is 38.5 Å². The highest BCUT2D eigenvalue weighted by atomic mass is 16.5. The lowest BCUT2D eigenvalue weighted by molar-refractivity contribution is -0.571. The van der Waals surface area contributed by atoms with E-state index in [1.807, 2.05) is 110 Å². The molecule has 0 bridgehead atoms. The second-order valence-corrected chi connectivity index (χ2v) is 14.9. The van der Waals surface area contributed by atoms with Crippen molar-refractivity contribution in [2.75, 3.05) is 19.0 Å². The van der Waals surface area contributed by atoms with E-state index in [4.69, 9.17) is 23.4 Å². The van der Waals surface area contributed by atoms with Crippen molar-refractivity contribution in [3.05, 3.63) is 219 Å². The lowest BCUT2D eigenvalue weighted by atomic mass is 9.95. The summed E-state index contributed by atoms with van der Waals surface area (Å²) in [4.78, 5) is 6.88. The van der Waals surface area contributed by atoms with Crippen LogP contribution in [-0.4, -0.2) is 28.2 Å². The molecule has 3 heterocycles. The summed E-state index contributed by atoms with van der Waals surface area (Å²) in [6.07, 6.45) is 5.25. The van der Waals surface area contributed by atoms with Gasteiger partial charge >= 0.3 is 0 Å². The van der Waals surface area contributed by atoms with Gasteiger partial charge in [-0.25, -0.2) is 4.98 Å². The van der Waals surface area contributed by atoms with Gasteiger partial charge in [0, 0.05) is 48.9 Å². The highest BCUT2D eigenvalue weighted by Crippen LogP contribution is 2.39. The molecule has 0 aliphatic rings. The fourth-order valence-corrected chi connectivity index (χ4v) is 8.13. The fraction of sp³-hybridized carbons (Fsp3) is 0.0357. The Bertz CT molecular complexity index is 3880. The van der Waals surface area contributed by atoms with Crippen LogP contribution in [-0.2, 0) is 0 Å². The molecule has 11 rings (SSSR count). The number of hydrogen-bond acceptors (Lipinski definition) is 3. The van der Waals surface area contributed by atoms with Crippen molar-refractivity contribution < 1.29 is 23.0 Å². The van der Waals surface area contributed by atoms with Crippen LogP contribution in [0.5, 0.6) is 11.5 Å². The second kappa shape index (κ2) is 15.4. The molecule has 11 aromatic rings. The number of fused-ring (bicyclic) bond motifs is 4. The van der Waals surface area contributed by atoms with Gasteiger partial charge in [-0.15, -0.1) is 0 Å². The predicted molar refractivity (Wildman–Crippen MR) is 253 cm³/mol. The van der Waals surface area contributed by atoms with Crippen molar-refractivity contribution in [3.63, 3.8) is 0 Å². The van der Waals surface area contributed by atoms with E-state index in [1.54, 1.807) is 27.3 Å². The number of anilines is 1. The van der Waals surface area contributed by atoms with Crippen molar-refractivity contribution in [1.82, 2.24) is 14.1 Å². The zero-order valence-electron chi connectivity index (χ0n) is 43.6. The maximum absolute atomic E-state index is 9.02. The third-order valence-corrected chi connectivity index (χ3v) is 11.0. The maximum atomic E-state index is 9.02. The van der Waals surface area contributed by atoms with E-state index in [9.17, 15) is 0 Å². The third-order valence-electron chi connectivity index (χ3n) is 11.0. The second-order valence-electron chi connectivity index (χ2n) is 14.9. The molecule has 0 fully saturated rings. The Kier molecular flexibility index (Phi) is 6.85. The van der Waals surface area contributed by atoms with Crippen molar-refractivity contribution in [3.8, 4) is 62.1 Å². The first-order valence-electron chi connectivity index (χ1n) is 25.0. The van der Waals surface area contributed by atoms with Crippen LogP contribution in [0.3, 0.4) is 0 Å². The molecule has 0 saturated carbocycles. The Morgan fingerprint density at radius 1 is 0.565 bits per heavy atom. The summed E-state index contributed by atoms with van der Waals surface area (Å²) < 4.78 is 99.3. The van der Waals surface area contributed by atoms with Gasteiger partial charge in [-0.2, -0.15) is 0 Å². The van der Waals surface area contributed by atoms with E-state index in [0.29, 0.717) is 28.2 Å². The van der Waals surface area contributed by atoms with Crippen LogP contribution >= 0.6 is 0 Å². The fourth-order valence-electron chi connectivity index (χ4n) is 8.13. The van der Waals surface area contributed by atoms with E-state index < -0.39 is 60.4 Å². The third kappa shape index (κ3) is 6.55. The predicted octanol–water partition coefficient (Wildman–Crippen LogP) is 13.1. The van der Waals surface area contributed by atoms with Crippen LogP contribution < -0.4 is 14.2 Å². The first kappa shape index (κ1) is 27.5. The van der Waals surface area contributed by atoms with Crippen molar-refractivity contribution in [2.24, 2.45) is 0 Å². The molecule has 0 N–H and O–H groups in total.